The summed E-state index contributed by atoms with van der Waals surface area (Å²) in [6.45, 7) is 2.45. The molecular formula is C14H16FN3O3S. The van der Waals surface area contributed by atoms with Crippen LogP contribution >= 0.6 is 0 Å². The van der Waals surface area contributed by atoms with E-state index in [0.29, 0.717) is 31.2 Å². The predicted octanol–water partition coefficient (Wildman–Crippen LogP) is 2.09. The zero-order valence-corrected chi connectivity index (χ0v) is 12.9. The van der Waals surface area contributed by atoms with Crippen molar-refractivity contribution < 1.29 is 17.3 Å². The van der Waals surface area contributed by atoms with Gasteiger partial charge in [-0.2, -0.15) is 9.29 Å². The summed E-state index contributed by atoms with van der Waals surface area (Å²) in [7, 11) is -3.64. The van der Waals surface area contributed by atoms with Crippen molar-refractivity contribution in [1.82, 2.24) is 14.4 Å². The van der Waals surface area contributed by atoms with E-state index in [1.54, 1.807) is 6.92 Å². The summed E-state index contributed by atoms with van der Waals surface area (Å²) < 4.78 is 44.8. The maximum atomic E-state index is 13.0. The van der Waals surface area contributed by atoms with Gasteiger partial charge in [-0.3, -0.25) is 0 Å². The smallest absolute Gasteiger partial charge is 0.243 e. The fraction of sp³-hybridized carbons (Fsp3) is 0.429. The van der Waals surface area contributed by atoms with Crippen molar-refractivity contribution >= 4 is 10.0 Å². The van der Waals surface area contributed by atoms with E-state index in [-0.39, 0.29) is 10.8 Å². The highest BCUT2D eigenvalue weighted by Crippen LogP contribution is 2.29. The van der Waals surface area contributed by atoms with E-state index in [4.69, 9.17) is 4.52 Å². The van der Waals surface area contributed by atoms with Crippen LogP contribution in [0.5, 0.6) is 0 Å². The fourth-order valence-corrected chi connectivity index (χ4v) is 4.12. The highest BCUT2D eigenvalue weighted by atomic mass is 32.2. The third kappa shape index (κ3) is 2.89. The van der Waals surface area contributed by atoms with Gasteiger partial charge in [-0.25, -0.2) is 12.8 Å². The molecule has 0 unspecified atom stereocenters. The lowest BCUT2D eigenvalue weighted by molar-refractivity contribution is 0.265. The van der Waals surface area contributed by atoms with Crippen LogP contribution in [0, 0.1) is 12.7 Å². The molecule has 22 heavy (non-hydrogen) atoms. The molecule has 0 aliphatic carbocycles. The molecule has 1 saturated heterocycles. The van der Waals surface area contributed by atoms with Gasteiger partial charge < -0.3 is 4.52 Å². The van der Waals surface area contributed by atoms with Crippen LogP contribution in [-0.2, 0) is 10.0 Å². The monoisotopic (exact) mass is 325 g/mol. The summed E-state index contributed by atoms with van der Waals surface area (Å²) in [6, 6.07) is 4.86. The average Bonchev–Trinajstić information content (AvgIpc) is 2.94. The van der Waals surface area contributed by atoms with Gasteiger partial charge in [0.1, 0.15) is 5.82 Å². The van der Waals surface area contributed by atoms with Gasteiger partial charge >= 0.3 is 0 Å². The number of sulfonamides is 1. The first kappa shape index (κ1) is 15.1. The summed E-state index contributed by atoms with van der Waals surface area (Å²) in [5, 5.41) is 3.75. The van der Waals surface area contributed by atoms with Gasteiger partial charge in [0, 0.05) is 13.1 Å². The van der Waals surface area contributed by atoms with Crippen LogP contribution < -0.4 is 0 Å². The number of benzene rings is 1. The summed E-state index contributed by atoms with van der Waals surface area (Å²) in [5.74, 6) is 0.437. The van der Waals surface area contributed by atoms with Crippen molar-refractivity contribution in [1.29, 1.82) is 0 Å². The van der Waals surface area contributed by atoms with Gasteiger partial charge in [0.25, 0.3) is 0 Å². The van der Waals surface area contributed by atoms with Crippen LogP contribution in [0.4, 0.5) is 4.39 Å². The van der Waals surface area contributed by atoms with Gasteiger partial charge in [0.2, 0.25) is 15.9 Å². The summed E-state index contributed by atoms with van der Waals surface area (Å²) in [6.07, 6.45) is 1.52. The molecule has 1 atom stereocenters. The molecule has 2 heterocycles. The SMILES string of the molecule is Cc1noc([C@@H]2CCCN(S(=O)(=O)c3ccc(F)cc3)C2)n1. The van der Waals surface area contributed by atoms with Gasteiger partial charge in [-0.05, 0) is 44.0 Å². The molecule has 0 saturated carbocycles. The first-order valence-electron chi connectivity index (χ1n) is 7.03. The van der Waals surface area contributed by atoms with Crippen LogP contribution in [0.2, 0.25) is 0 Å². The van der Waals surface area contributed by atoms with Crippen LogP contribution in [-0.4, -0.2) is 36.0 Å². The first-order valence-corrected chi connectivity index (χ1v) is 8.47. The van der Waals surface area contributed by atoms with Crippen molar-refractivity contribution in [3.63, 3.8) is 0 Å². The molecule has 0 N–H and O–H groups in total. The van der Waals surface area contributed by atoms with E-state index in [1.165, 1.54) is 16.4 Å². The lowest BCUT2D eigenvalue weighted by Crippen LogP contribution is -2.39. The Bertz CT molecular complexity index is 758. The summed E-state index contributed by atoms with van der Waals surface area (Å²) in [5.41, 5.74) is 0. The molecule has 0 spiro atoms. The summed E-state index contributed by atoms with van der Waals surface area (Å²) >= 11 is 0. The molecule has 1 aromatic carbocycles. The van der Waals surface area contributed by atoms with Crippen molar-refractivity contribution in [2.45, 2.75) is 30.6 Å². The Labute approximate surface area is 128 Å². The minimum absolute atomic E-state index is 0.0938. The maximum Gasteiger partial charge on any atom is 0.243 e. The molecule has 6 nitrogen and oxygen atoms in total. The van der Waals surface area contributed by atoms with E-state index < -0.39 is 15.8 Å². The minimum Gasteiger partial charge on any atom is -0.339 e. The fourth-order valence-electron chi connectivity index (χ4n) is 2.60. The molecule has 118 valence electrons. The third-order valence-electron chi connectivity index (χ3n) is 3.73. The zero-order chi connectivity index (χ0) is 15.7. The zero-order valence-electron chi connectivity index (χ0n) is 12.1. The Balaban J connectivity index is 1.83. The second-order valence-electron chi connectivity index (χ2n) is 5.34. The summed E-state index contributed by atoms with van der Waals surface area (Å²) in [4.78, 5) is 4.28. The number of halogens is 1. The Hall–Kier alpha value is -1.80. The number of rotatable bonds is 3. The van der Waals surface area contributed by atoms with Gasteiger partial charge in [-0.15, -0.1) is 0 Å². The molecule has 1 aliphatic heterocycles. The number of nitrogens with zero attached hydrogens (tertiary/aromatic N) is 3. The second kappa shape index (κ2) is 5.77. The topological polar surface area (TPSA) is 76.3 Å². The van der Waals surface area contributed by atoms with Crippen molar-refractivity contribution in [3.8, 4) is 0 Å². The molecule has 1 aromatic heterocycles. The maximum absolute atomic E-state index is 13.0. The van der Waals surface area contributed by atoms with Crippen molar-refractivity contribution in [3.05, 3.63) is 41.8 Å². The van der Waals surface area contributed by atoms with E-state index in [9.17, 15) is 12.8 Å². The number of piperidine rings is 1. The lowest BCUT2D eigenvalue weighted by Gasteiger charge is -2.30. The quantitative estimate of drug-likeness (QED) is 0.863. The Morgan fingerprint density at radius 2 is 2.05 bits per heavy atom. The van der Waals surface area contributed by atoms with Crippen LogP contribution in [0.1, 0.15) is 30.5 Å². The number of hydrogen-bond donors (Lipinski definition) is 0. The predicted molar refractivity (Wildman–Crippen MR) is 76.2 cm³/mol. The van der Waals surface area contributed by atoms with E-state index >= 15 is 0 Å². The van der Waals surface area contributed by atoms with E-state index in [0.717, 1.165) is 18.6 Å². The van der Waals surface area contributed by atoms with Gasteiger partial charge in [0.15, 0.2) is 5.82 Å². The Kier molecular flexibility index (Phi) is 3.96. The average molecular weight is 325 g/mol. The molecule has 0 amide bonds. The molecule has 3 rings (SSSR count). The number of aromatic nitrogens is 2. The molecule has 0 radical (unpaired) electrons. The van der Waals surface area contributed by atoms with E-state index in [1.807, 2.05) is 0 Å². The third-order valence-corrected chi connectivity index (χ3v) is 5.61. The van der Waals surface area contributed by atoms with Crippen LogP contribution in [0.3, 0.4) is 0 Å². The Morgan fingerprint density at radius 3 is 2.68 bits per heavy atom. The number of aryl methyl sites for hydroxylation is 1. The highest BCUT2D eigenvalue weighted by molar-refractivity contribution is 7.89. The van der Waals surface area contributed by atoms with E-state index in [2.05, 4.69) is 10.1 Å². The second-order valence-corrected chi connectivity index (χ2v) is 7.27. The first-order chi connectivity index (χ1) is 10.5. The normalized spacial score (nSPS) is 20.2. The van der Waals surface area contributed by atoms with Crippen LogP contribution in [0.15, 0.2) is 33.7 Å². The molecule has 1 fully saturated rings. The van der Waals surface area contributed by atoms with Crippen LogP contribution in [0.25, 0.3) is 0 Å². The van der Waals surface area contributed by atoms with Crippen molar-refractivity contribution in [2.75, 3.05) is 13.1 Å². The standard InChI is InChI=1S/C14H16FN3O3S/c1-10-16-14(21-17-10)11-3-2-8-18(9-11)22(19,20)13-6-4-12(15)5-7-13/h4-7,11H,2-3,8-9H2,1H3/t11-/m1/s1. The molecule has 0 bridgehead atoms. The highest BCUT2D eigenvalue weighted by Gasteiger charge is 2.33. The van der Waals surface area contributed by atoms with Gasteiger partial charge in [-0.1, -0.05) is 5.16 Å². The minimum atomic E-state index is -3.64. The molecule has 1 aliphatic rings. The number of hydrogen-bond acceptors (Lipinski definition) is 5. The molecule has 8 heteroatoms. The Morgan fingerprint density at radius 1 is 1.32 bits per heavy atom. The van der Waals surface area contributed by atoms with Gasteiger partial charge in [0.05, 0.1) is 10.8 Å². The molecular weight excluding hydrogens is 309 g/mol. The lowest BCUT2D eigenvalue weighted by atomic mass is 10.00. The molecule has 2 aromatic rings. The van der Waals surface area contributed by atoms with Crippen molar-refractivity contribution in [2.24, 2.45) is 0 Å². The largest absolute Gasteiger partial charge is 0.339 e.